The maximum atomic E-state index is 12.7. The fraction of sp³-hybridized carbons (Fsp3) is 0.290. The molecule has 0 saturated heterocycles. The smallest absolute Gasteiger partial charge is 0.343 e. The lowest BCUT2D eigenvalue weighted by Crippen LogP contribution is -2.10. The number of hydrogen-bond acceptors (Lipinski definition) is 8. The van der Waals surface area contributed by atoms with Crippen molar-refractivity contribution in [3.8, 4) is 28.4 Å². The molecule has 0 spiro atoms. The second kappa shape index (κ2) is 15.1. The summed E-state index contributed by atoms with van der Waals surface area (Å²) in [7, 11) is 0. The number of rotatable bonds is 15. The van der Waals surface area contributed by atoms with Gasteiger partial charge in [0.1, 0.15) is 11.5 Å². The Labute approximate surface area is 233 Å². The predicted octanol–water partition coefficient (Wildman–Crippen LogP) is 6.94. The number of benzene rings is 3. The van der Waals surface area contributed by atoms with Crippen LogP contribution in [0.4, 0.5) is 5.69 Å². The molecule has 0 amide bonds. The highest BCUT2D eigenvalue weighted by Crippen LogP contribution is 2.33. The molecular weight excluding hydrogens is 514 g/mol. The number of carbonyl (C=O) groups excluding carboxylic acids is 2. The van der Waals surface area contributed by atoms with Gasteiger partial charge in [-0.2, -0.15) is 0 Å². The number of nitro benzene ring substituents is 1. The largest absolute Gasteiger partial charge is 0.494 e. The number of carbonyl (C=O) groups is 2. The van der Waals surface area contributed by atoms with Gasteiger partial charge in [0.2, 0.25) is 5.75 Å². The van der Waals surface area contributed by atoms with Crippen molar-refractivity contribution in [1.29, 1.82) is 0 Å². The maximum absolute atomic E-state index is 12.7. The van der Waals surface area contributed by atoms with Gasteiger partial charge >= 0.3 is 17.6 Å². The van der Waals surface area contributed by atoms with Crippen LogP contribution in [-0.2, 0) is 9.53 Å². The highest BCUT2D eigenvalue weighted by atomic mass is 16.6. The predicted molar refractivity (Wildman–Crippen MR) is 151 cm³/mol. The molecule has 0 aliphatic carbocycles. The number of esters is 2. The van der Waals surface area contributed by atoms with E-state index < -0.39 is 16.9 Å². The van der Waals surface area contributed by atoms with Crippen LogP contribution in [0.1, 0.15) is 49.9 Å². The van der Waals surface area contributed by atoms with E-state index >= 15 is 0 Å². The van der Waals surface area contributed by atoms with E-state index in [4.69, 9.17) is 18.9 Å². The zero-order valence-corrected chi connectivity index (χ0v) is 22.7. The summed E-state index contributed by atoms with van der Waals surface area (Å²) in [6.45, 7) is 8.37. The Balaban J connectivity index is 1.58. The van der Waals surface area contributed by atoms with E-state index in [1.165, 1.54) is 24.3 Å². The van der Waals surface area contributed by atoms with Crippen LogP contribution in [0.25, 0.3) is 11.1 Å². The number of nitro groups is 1. The van der Waals surface area contributed by atoms with E-state index in [1.807, 2.05) is 24.3 Å². The van der Waals surface area contributed by atoms with Crippen molar-refractivity contribution in [2.75, 3.05) is 19.8 Å². The molecule has 3 rings (SSSR count). The van der Waals surface area contributed by atoms with Crippen LogP contribution in [-0.4, -0.2) is 36.7 Å². The molecule has 210 valence electrons. The number of nitrogens with zero attached hydrogens (tertiary/aromatic N) is 1. The third-order valence-corrected chi connectivity index (χ3v) is 5.79. The van der Waals surface area contributed by atoms with Crippen LogP contribution >= 0.6 is 0 Å². The van der Waals surface area contributed by atoms with Crippen molar-refractivity contribution in [3.63, 3.8) is 0 Å². The second-order valence-corrected chi connectivity index (χ2v) is 9.05. The zero-order chi connectivity index (χ0) is 28.9. The van der Waals surface area contributed by atoms with Crippen molar-refractivity contribution >= 4 is 17.6 Å². The lowest BCUT2D eigenvalue weighted by molar-refractivity contribution is -0.385. The maximum Gasteiger partial charge on any atom is 0.343 e. The summed E-state index contributed by atoms with van der Waals surface area (Å²) in [5.41, 5.74) is 1.60. The quantitative estimate of drug-likeness (QED) is 0.0502. The van der Waals surface area contributed by atoms with Crippen molar-refractivity contribution in [1.82, 2.24) is 0 Å². The van der Waals surface area contributed by atoms with Gasteiger partial charge in [-0.15, -0.1) is 0 Å². The van der Waals surface area contributed by atoms with Gasteiger partial charge in [0.15, 0.2) is 0 Å². The van der Waals surface area contributed by atoms with Gasteiger partial charge in [0.25, 0.3) is 0 Å². The van der Waals surface area contributed by atoms with Crippen LogP contribution < -0.4 is 14.2 Å². The molecule has 3 aromatic rings. The molecule has 0 N–H and O–H groups in total. The fourth-order valence-corrected chi connectivity index (χ4v) is 3.59. The van der Waals surface area contributed by atoms with Gasteiger partial charge in [-0.05, 0) is 66.9 Å². The Kier molecular flexibility index (Phi) is 11.3. The van der Waals surface area contributed by atoms with E-state index in [-0.39, 0.29) is 23.6 Å². The van der Waals surface area contributed by atoms with Crippen molar-refractivity contribution < 1.29 is 33.5 Å². The molecule has 0 bridgehead atoms. The van der Waals surface area contributed by atoms with Gasteiger partial charge in [0, 0.05) is 18.1 Å². The first-order chi connectivity index (χ1) is 19.3. The lowest BCUT2D eigenvalue weighted by atomic mass is 10.0. The fourth-order valence-electron chi connectivity index (χ4n) is 3.59. The van der Waals surface area contributed by atoms with E-state index in [9.17, 15) is 19.7 Å². The van der Waals surface area contributed by atoms with Crippen LogP contribution in [0.3, 0.4) is 0 Å². The molecule has 3 aromatic carbocycles. The third-order valence-electron chi connectivity index (χ3n) is 5.79. The molecule has 0 aliphatic heterocycles. The summed E-state index contributed by atoms with van der Waals surface area (Å²) < 4.78 is 21.7. The summed E-state index contributed by atoms with van der Waals surface area (Å²) in [5.74, 6) is -0.0937. The summed E-state index contributed by atoms with van der Waals surface area (Å²) in [5, 5.41) is 11.8. The van der Waals surface area contributed by atoms with Crippen LogP contribution in [0.2, 0.25) is 0 Å². The van der Waals surface area contributed by atoms with Gasteiger partial charge in [-0.3, -0.25) is 10.1 Å². The molecule has 0 aromatic heterocycles. The molecule has 0 heterocycles. The molecule has 9 nitrogen and oxygen atoms in total. The molecule has 0 saturated carbocycles. The third kappa shape index (κ3) is 8.97. The monoisotopic (exact) mass is 547 g/mol. The second-order valence-electron chi connectivity index (χ2n) is 9.05. The van der Waals surface area contributed by atoms with Gasteiger partial charge in [0.05, 0.1) is 30.3 Å². The molecule has 40 heavy (non-hydrogen) atoms. The number of unbranched alkanes of at least 4 members (excludes halogenated alkanes) is 2. The van der Waals surface area contributed by atoms with E-state index in [1.54, 1.807) is 25.1 Å². The van der Waals surface area contributed by atoms with Gasteiger partial charge in [-0.25, -0.2) is 9.59 Å². The minimum absolute atomic E-state index is 0.153. The molecule has 0 unspecified atom stereocenters. The average molecular weight is 548 g/mol. The average Bonchev–Trinajstić information content (AvgIpc) is 2.95. The standard InChI is InChI=1S/C31H33NO8/c1-4-5-6-18-37-26-13-8-23(9-14-26)25-12-17-29(28(21-25)32(35)36)40-31(34)24-10-15-27(16-11-24)38-19-7-20-39-30(33)22(2)3/h8-17,21H,2,4-7,18-20H2,1,3H3. The molecule has 9 heteroatoms. The highest BCUT2D eigenvalue weighted by Gasteiger charge is 2.20. The number of ether oxygens (including phenoxy) is 4. The zero-order valence-electron chi connectivity index (χ0n) is 22.7. The summed E-state index contributed by atoms with van der Waals surface area (Å²) in [4.78, 5) is 35.2. The Morgan fingerprint density at radius 3 is 2.02 bits per heavy atom. The first kappa shape index (κ1) is 29.9. The van der Waals surface area contributed by atoms with E-state index in [0.717, 1.165) is 30.6 Å². The Morgan fingerprint density at radius 1 is 0.825 bits per heavy atom. The minimum atomic E-state index is -0.737. The van der Waals surface area contributed by atoms with E-state index in [2.05, 4.69) is 13.5 Å². The Morgan fingerprint density at radius 2 is 1.43 bits per heavy atom. The molecular formula is C31H33NO8. The Bertz CT molecular complexity index is 1320. The normalized spacial score (nSPS) is 10.4. The summed E-state index contributed by atoms with van der Waals surface area (Å²) >= 11 is 0. The first-order valence-electron chi connectivity index (χ1n) is 13.1. The SMILES string of the molecule is C=C(C)C(=O)OCCCOc1ccc(C(=O)Oc2ccc(-c3ccc(OCCCCC)cc3)cc2[N+](=O)[O-])cc1. The summed E-state index contributed by atoms with van der Waals surface area (Å²) in [6, 6.07) is 18.0. The van der Waals surface area contributed by atoms with Crippen LogP contribution in [0, 0.1) is 10.1 Å². The minimum Gasteiger partial charge on any atom is -0.494 e. The van der Waals surface area contributed by atoms with E-state index in [0.29, 0.717) is 36.5 Å². The topological polar surface area (TPSA) is 114 Å². The Hall–Kier alpha value is -4.66. The van der Waals surface area contributed by atoms with Crippen LogP contribution in [0.5, 0.6) is 17.2 Å². The molecule has 0 aliphatic rings. The molecule has 0 fully saturated rings. The van der Waals surface area contributed by atoms with Crippen LogP contribution in [0.15, 0.2) is 78.9 Å². The van der Waals surface area contributed by atoms with Crippen molar-refractivity contribution in [2.45, 2.75) is 39.5 Å². The first-order valence-corrected chi connectivity index (χ1v) is 13.1. The summed E-state index contributed by atoms with van der Waals surface area (Å²) in [6.07, 6.45) is 3.70. The van der Waals surface area contributed by atoms with Gasteiger partial charge in [-0.1, -0.05) is 44.5 Å². The highest BCUT2D eigenvalue weighted by molar-refractivity contribution is 5.92. The lowest BCUT2D eigenvalue weighted by Gasteiger charge is -2.10. The molecule has 0 radical (unpaired) electrons. The molecule has 0 atom stereocenters. The van der Waals surface area contributed by atoms with Gasteiger partial charge < -0.3 is 18.9 Å². The van der Waals surface area contributed by atoms with Crippen molar-refractivity contribution in [2.24, 2.45) is 0 Å². The number of hydrogen-bond donors (Lipinski definition) is 0. The van der Waals surface area contributed by atoms with Crippen molar-refractivity contribution in [3.05, 3.63) is 94.6 Å².